The second-order valence-electron chi connectivity index (χ2n) is 5.90. The molecule has 102 valence electrons. The summed E-state index contributed by atoms with van der Waals surface area (Å²) >= 11 is 0. The molecule has 0 aromatic carbocycles. The van der Waals surface area contributed by atoms with Gasteiger partial charge in [-0.1, -0.05) is 12.8 Å². The average molecular weight is 259 g/mol. The minimum atomic E-state index is 0.445. The molecule has 19 heavy (non-hydrogen) atoms. The third kappa shape index (κ3) is 1.67. The molecule has 3 unspecified atom stereocenters. The minimum Gasteiger partial charge on any atom is -0.351 e. The molecule has 1 aromatic rings. The Morgan fingerprint density at radius 3 is 3.00 bits per heavy atom. The van der Waals surface area contributed by atoms with E-state index in [2.05, 4.69) is 21.4 Å². The second-order valence-corrected chi connectivity index (χ2v) is 5.90. The molecule has 1 saturated carbocycles. The Kier molecular flexibility index (Phi) is 2.53. The SMILES string of the molecule is Cn1nccc1C1CCN=C2NC3CCCCC3N21. The highest BCUT2D eigenvalue weighted by atomic mass is 15.4. The highest BCUT2D eigenvalue weighted by molar-refractivity contribution is 5.84. The molecule has 3 aliphatic rings. The van der Waals surface area contributed by atoms with E-state index in [1.165, 1.54) is 31.4 Å². The molecule has 4 rings (SSSR count). The number of aliphatic imine (C=N–C) groups is 1. The molecule has 1 aromatic heterocycles. The van der Waals surface area contributed by atoms with Crippen molar-refractivity contribution in [3.05, 3.63) is 18.0 Å². The average Bonchev–Trinajstić information content (AvgIpc) is 3.01. The molecular formula is C14H21N5. The number of aryl methyl sites for hydroxylation is 1. The molecule has 3 atom stereocenters. The topological polar surface area (TPSA) is 45.5 Å². The van der Waals surface area contributed by atoms with E-state index in [1.54, 1.807) is 0 Å². The van der Waals surface area contributed by atoms with Crippen molar-refractivity contribution in [3.63, 3.8) is 0 Å². The van der Waals surface area contributed by atoms with Gasteiger partial charge in [0.05, 0.1) is 17.8 Å². The molecule has 5 nitrogen and oxygen atoms in total. The van der Waals surface area contributed by atoms with Crippen LogP contribution in [-0.2, 0) is 7.05 Å². The lowest BCUT2D eigenvalue weighted by Gasteiger charge is -2.38. The van der Waals surface area contributed by atoms with Gasteiger partial charge in [-0.3, -0.25) is 9.67 Å². The number of rotatable bonds is 1. The van der Waals surface area contributed by atoms with Crippen LogP contribution in [0.25, 0.3) is 0 Å². The van der Waals surface area contributed by atoms with Crippen LogP contribution in [0.3, 0.4) is 0 Å². The molecule has 0 bridgehead atoms. The van der Waals surface area contributed by atoms with Crippen LogP contribution in [0, 0.1) is 0 Å². The predicted octanol–water partition coefficient (Wildman–Crippen LogP) is 1.44. The smallest absolute Gasteiger partial charge is 0.195 e. The molecular weight excluding hydrogens is 238 g/mol. The number of fused-ring (bicyclic) bond motifs is 3. The fourth-order valence-corrected chi connectivity index (χ4v) is 3.95. The number of nitrogens with zero attached hydrogens (tertiary/aromatic N) is 4. The maximum atomic E-state index is 4.71. The minimum absolute atomic E-state index is 0.445. The lowest BCUT2D eigenvalue weighted by Crippen LogP contribution is -2.43. The third-order valence-corrected chi connectivity index (χ3v) is 4.85. The standard InChI is InChI=1S/C14H21N5/c1-18-12(7-9-16-18)13-6-8-15-14-17-10-4-2-3-5-11(10)19(13)14/h7,9-11,13H,2-6,8H2,1H3,(H,15,17). The fourth-order valence-electron chi connectivity index (χ4n) is 3.95. The third-order valence-electron chi connectivity index (χ3n) is 4.85. The first-order valence-corrected chi connectivity index (χ1v) is 7.42. The summed E-state index contributed by atoms with van der Waals surface area (Å²) in [5.41, 5.74) is 1.32. The zero-order valence-corrected chi connectivity index (χ0v) is 11.4. The summed E-state index contributed by atoms with van der Waals surface area (Å²) in [7, 11) is 2.04. The highest BCUT2D eigenvalue weighted by Crippen LogP contribution is 2.37. The molecule has 0 radical (unpaired) electrons. The van der Waals surface area contributed by atoms with Gasteiger partial charge in [0.2, 0.25) is 0 Å². The summed E-state index contributed by atoms with van der Waals surface area (Å²) in [5, 5.41) is 7.99. The lowest BCUT2D eigenvalue weighted by atomic mass is 9.89. The Bertz CT molecular complexity index is 506. The Hall–Kier alpha value is -1.52. The van der Waals surface area contributed by atoms with Gasteiger partial charge in [0.15, 0.2) is 5.96 Å². The van der Waals surface area contributed by atoms with Crippen molar-refractivity contribution in [1.29, 1.82) is 0 Å². The zero-order valence-electron chi connectivity index (χ0n) is 11.4. The van der Waals surface area contributed by atoms with Crippen molar-refractivity contribution in [2.45, 2.75) is 50.2 Å². The Labute approximate surface area is 113 Å². The normalized spacial score (nSPS) is 33.4. The lowest BCUT2D eigenvalue weighted by molar-refractivity contribution is 0.182. The van der Waals surface area contributed by atoms with Gasteiger partial charge in [0, 0.05) is 25.8 Å². The van der Waals surface area contributed by atoms with E-state index in [0.717, 1.165) is 18.9 Å². The van der Waals surface area contributed by atoms with E-state index < -0.39 is 0 Å². The first kappa shape index (κ1) is 11.3. The fraction of sp³-hybridized carbons (Fsp3) is 0.714. The van der Waals surface area contributed by atoms with Crippen molar-refractivity contribution >= 4 is 5.96 Å². The van der Waals surface area contributed by atoms with E-state index in [4.69, 9.17) is 4.99 Å². The van der Waals surface area contributed by atoms with Gasteiger partial charge in [0.1, 0.15) is 0 Å². The molecule has 0 spiro atoms. The van der Waals surface area contributed by atoms with E-state index in [1.807, 2.05) is 17.9 Å². The Balaban J connectivity index is 1.70. The van der Waals surface area contributed by atoms with Crippen molar-refractivity contribution in [3.8, 4) is 0 Å². The molecule has 3 heterocycles. The first-order chi connectivity index (χ1) is 9.34. The van der Waals surface area contributed by atoms with Crippen LogP contribution < -0.4 is 5.32 Å². The van der Waals surface area contributed by atoms with E-state index in [-0.39, 0.29) is 0 Å². The van der Waals surface area contributed by atoms with Crippen LogP contribution in [0.4, 0.5) is 0 Å². The number of aromatic nitrogens is 2. The monoisotopic (exact) mass is 259 g/mol. The number of hydrogen-bond acceptors (Lipinski definition) is 4. The van der Waals surface area contributed by atoms with Crippen LogP contribution >= 0.6 is 0 Å². The largest absolute Gasteiger partial charge is 0.351 e. The molecule has 0 amide bonds. The summed E-state index contributed by atoms with van der Waals surface area (Å²) in [6, 6.07) is 3.85. The molecule has 2 fully saturated rings. The van der Waals surface area contributed by atoms with E-state index >= 15 is 0 Å². The van der Waals surface area contributed by atoms with Crippen LogP contribution in [-0.4, -0.2) is 39.3 Å². The number of nitrogens with one attached hydrogen (secondary N) is 1. The van der Waals surface area contributed by atoms with Crippen LogP contribution in [0.15, 0.2) is 17.3 Å². The second kappa shape index (κ2) is 4.25. The predicted molar refractivity (Wildman–Crippen MR) is 73.9 cm³/mol. The van der Waals surface area contributed by atoms with Gasteiger partial charge in [-0.15, -0.1) is 0 Å². The quantitative estimate of drug-likeness (QED) is 0.830. The van der Waals surface area contributed by atoms with Gasteiger partial charge in [-0.2, -0.15) is 5.10 Å². The van der Waals surface area contributed by atoms with Crippen molar-refractivity contribution < 1.29 is 0 Å². The zero-order chi connectivity index (χ0) is 12.8. The summed E-state index contributed by atoms with van der Waals surface area (Å²) in [4.78, 5) is 7.25. The Morgan fingerprint density at radius 2 is 2.16 bits per heavy atom. The maximum Gasteiger partial charge on any atom is 0.195 e. The molecule has 2 aliphatic heterocycles. The van der Waals surface area contributed by atoms with Crippen LogP contribution in [0.5, 0.6) is 0 Å². The molecule has 5 heteroatoms. The first-order valence-electron chi connectivity index (χ1n) is 7.42. The summed E-state index contributed by atoms with van der Waals surface area (Å²) < 4.78 is 2.02. The number of guanidine groups is 1. The van der Waals surface area contributed by atoms with E-state index in [9.17, 15) is 0 Å². The van der Waals surface area contributed by atoms with Crippen LogP contribution in [0.2, 0.25) is 0 Å². The van der Waals surface area contributed by atoms with Gasteiger partial charge in [0.25, 0.3) is 0 Å². The van der Waals surface area contributed by atoms with Gasteiger partial charge in [-0.25, -0.2) is 0 Å². The van der Waals surface area contributed by atoms with E-state index in [0.29, 0.717) is 18.1 Å². The molecule has 1 N–H and O–H groups in total. The maximum absolute atomic E-state index is 4.71. The van der Waals surface area contributed by atoms with Gasteiger partial charge in [-0.05, 0) is 25.3 Å². The highest BCUT2D eigenvalue weighted by Gasteiger charge is 2.44. The van der Waals surface area contributed by atoms with Crippen molar-refractivity contribution in [2.24, 2.45) is 12.0 Å². The van der Waals surface area contributed by atoms with Crippen LogP contribution in [0.1, 0.15) is 43.8 Å². The summed E-state index contributed by atoms with van der Waals surface area (Å²) in [6.07, 6.45) is 8.30. The molecule has 1 aliphatic carbocycles. The van der Waals surface area contributed by atoms with Crippen molar-refractivity contribution in [1.82, 2.24) is 20.0 Å². The van der Waals surface area contributed by atoms with Gasteiger partial charge < -0.3 is 10.2 Å². The number of hydrogen-bond donors (Lipinski definition) is 1. The summed E-state index contributed by atoms with van der Waals surface area (Å²) in [5.74, 6) is 1.13. The van der Waals surface area contributed by atoms with Gasteiger partial charge >= 0.3 is 0 Å². The molecule has 1 saturated heterocycles. The van der Waals surface area contributed by atoms with Crippen molar-refractivity contribution in [2.75, 3.05) is 6.54 Å². The summed E-state index contributed by atoms with van der Waals surface area (Å²) in [6.45, 7) is 0.925. The Morgan fingerprint density at radius 1 is 1.26 bits per heavy atom.